The molecule has 0 fully saturated rings. The van der Waals surface area contributed by atoms with E-state index in [0.29, 0.717) is 22.4 Å². The van der Waals surface area contributed by atoms with E-state index in [1.165, 1.54) is 29.2 Å². The van der Waals surface area contributed by atoms with Crippen molar-refractivity contribution in [3.05, 3.63) is 95.0 Å². The molecule has 0 radical (unpaired) electrons. The highest BCUT2D eigenvalue weighted by Crippen LogP contribution is 2.38. The smallest absolute Gasteiger partial charge is 0.352 e. The molecule has 0 spiro atoms. The monoisotopic (exact) mass is 623 g/mol. The van der Waals surface area contributed by atoms with E-state index in [2.05, 4.69) is 5.32 Å². The summed E-state index contributed by atoms with van der Waals surface area (Å²) in [5.74, 6) is -1.19. The van der Waals surface area contributed by atoms with Gasteiger partial charge in [-0.05, 0) is 55.7 Å². The Balaban J connectivity index is 2.12. The number of sulfonamides is 1. The molecule has 0 unspecified atom stereocenters. The van der Waals surface area contributed by atoms with Gasteiger partial charge >= 0.3 is 6.18 Å². The highest BCUT2D eigenvalue weighted by molar-refractivity contribution is 7.92. The highest BCUT2D eigenvalue weighted by Gasteiger charge is 2.37. The first kappa shape index (κ1) is 32.9. The van der Waals surface area contributed by atoms with E-state index in [0.717, 1.165) is 12.1 Å². The van der Waals surface area contributed by atoms with Gasteiger partial charge in [0.2, 0.25) is 11.8 Å². The van der Waals surface area contributed by atoms with E-state index in [1.807, 2.05) is 13.8 Å². The molecule has 3 aromatic carbocycles. The van der Waals surface area contributed by atoms with Crippen LogP contribution < -0.4 is 9.62 Å². The zero-order chi connectivity index (χ0) is 31.1. The quantitative estimate of drug-likeness (QED) is 0.257. The third kappa shape index (κ3) is 8.04. The summed E-state index contributed by atoms with van der Waals surface area (Å²) in [5, 5.41) is 2.25. The number of carbonyl (C=O) groups is 2. The lowest BCUT2D eigenvalue weighted by Gasteiger charge is -2.34. The van der Waals surface area contributed by atoms with Crippen LogP contribution in [0.5, 0.6) is 0 Å². The molecule has 1 N–H and O–H groups in total. The van der Waals surface area contributed by atoms with Crippen molar-refractivity contribution in [2.45, 2.75) is 63.3 Å². The second-order valence-electron chi connectivity index (χ2n) is 9.74. The lowest BCUT2D eigenvalue weighted by molar-refractivity contribution is -0.140. The number of carbonyl (C=O) groups excluding carboxylic acids is 2. The van der Waals surface area contributed by atoms with Crippen LogP contribution in [0.2, 0.25) is 5.02 Å². The van der Waals surface area contributed by atoms with E-state index < -0.39 is 56.9 Å². The first-order valence-corrected chi connectivity index (χ1v) is 15.2. The molecule has 2 amide bonds. The van der Waals surface area contributed by atoms with Crippen LogP contribution in [-0.4, -0.2) is 43.8 Å². The van der Waals surface area contributed by atoms with Crippen LogP contribution in [0, 0.1) is 0 Å². The summed E-state index contributed by atoms with van der Waals surface area (Å²) < 4.78 is 69.5. The second kappa shape index (κ2) is 14.1. The minimum atomic E-state index is -4.88. The lowest BCUT2D eigenvalue weighted by atomic mass is 10.1. The molecule has 0 aromatic heterocycles. The number of amides is 2. The Morgan fingerprint density at radius 1 is 0.929 bits per heavy atom. The summed E-state index contributed by atoms with van der Waals surface area (Å²) in [4.78, 5) is 28.3. The number of hydrogen-bond donors (Lipinski definition) is 1. The van der Waals surface area contributed by atoms with Gasteiger partial charge in [0.15, 0.2) is 0 Å². The fraction of sp³-hybridized carbons (Fsp3) is 0.333. The molecule has 7 nitrogen and oxygen atoms in total. The molecule has 0 heterocycles. The van der Waals surface area contributed by atoms with Gasteiger partial charge in [-0.2, -0.15) is 13.2 Å². The number of benzene rings is 3. The molecular formula is C30H33ClF3N3O4S. The van der Waals surface area contributed by atoms with Crippen molar-refractivity contribution in [1.82, 2.24) is 10.2 Å². The highest BCUT2D eigenvalue weighted by atomic mass is 35.5. The number of nitrogens with zero attached hydrogens (tertiary/aromatic N) is 2. The molecule has 3 rings (SSSR count). The lowest BCUT2D eigenvalue weighted by Crippen LogP contribution is -2.53. The van der Waals surface area contributed by atoms with Crippen molar-refractivity contribution >= 4 is 39.1 Å². The van der Waals surface area contributed by atoms with E-state index in [9.17, 15) is 31.2 Å². The average Bonchev–Trinajstić information content (AvgIpc) is 2.96. The second-order valence-corrected chi connectivity index (χ2v) is 12.0. The normalized spacial score (nSPS) is 13.2. The van der Waals surface area contributed by atoms with Crippen molar-refractivity contribution in [2.24, 2.45) is 0 Å². The van der Waals surface area contributed by atoms with Gasteiger partial charge in [0.05, 0.1) is 21.2 Å². The van der Waals surface area contributed by atoms with Gasteiger partial charge < -0.3 is 10.2 Å². The van der Waals surface area contributed by atoms with Crippen LogP contribution in [0.3, 0.4) is 0 Å². The van der Waals surface area contributed by atoms with Crippen LogP contribution in [0.15, 0.2) is 83.8 Å². The maximum absolute atomic E-state index is 14.0. The van der Waals surface area contributed by atoms with Crippen molar-refractivity contribution in [2.75, 3.05) is 10.8 Å². The average molecular weight is 624 g/mol. The largest absolute Gasteiger partial charge is 0.417 e. The summed E-state index contributed by atoms with van der Waals surface area (Å²) in [6.45, 7) is 4.54. The van der Waals surface area contributed by atoms with Crippen LogP contribution in [0.25, 0.3) is 0 Å². The maximum atomic E-state index is 14.0. The van der Waals surface area contributed by atoms with Crippen molar-refractivity contribution < 1.29 is 31.2 Å². The van der Waals surface area contributed by atoms with Crippen molar-refractivity contribution in [1.29, 1.82) is 0 Å². The minimum absolute atomic E-state index is 0.0280. The number of nitrogens with one attached hydrogen (secondary N) is 1. The number of hydrogen-bond acceptors (Lipinski definition) is 4. The van der Waals surface area contributed by atoms with Crippen LogP contribution in [0.4, 0.5) is 18.9 Å². The molecule has 0 bridgehead atoms. The van der Waals surface area contributed by atoms with Gasteiger partial charge in [0, 0.05) is 12.6 Å². The first-order chi connectivity index (χ1) is 19.8. The Kier molecular flexibility index (Phi) is 11.0. The molecule has 226 valence electrons. The Labute approximate surface area is 249 Å². The Bertz CT molecular complexity index is 1470. The summed E-state index contributed by atoms with van der Waals surface area (Å²) in [7, 11) is -4.53. The third-order valence-corrected chi connectivity index (χ3v) is 8.85. The Morgan fingerprint density at radius 2 is 1.52 bits per heavy atom. The maximum Gasteiger partial charge on any atom is 0.417 e. The van der Waals surface area contributed by atoms with Crippen LogP contribution in [-0.2, 0) is 32.3 Å². The van der Waals surface area contributed by atoms with Gasteiger partial charge in [0.25, 0.3) is 10.0 Å². The van der Waals surface area contributed by atoms with Gasteiger partial charge in [-0.25, -0.2) is 8.42 Å². The first-order valence-electron chi connectivity index (χ1n) is 13.4. The Hall–Kier alpha value is -3.57. The van der Waals surface area contributed by atoms with E-state index in [-0.39, 0.29) is 23.9 Å². The zero-order valence-corrected chi connectivity index (χ0v) is 25.0. The SMILES string of the molecule is CC[C@H](C)NC(=O)[C@H](CC)N(Cc1ccccc1)C(=O)CN(c1ccc(Cl)c(C(F)(F)F)c1)S(=O)(=O)c1ccccc1. The van der Waals surface area contributed by atoms with E-state index in [4.69, 9.17) is 11.6 Å². The molecule has 12 heteroatoms. The molecule has 0 saturated carbocycles. The summed E-state index contributed by atoms with van der Waals surface area (Å²) in [6, 6.07) is 17.4. The van der Waals surface area contributed by atoms with Gasteiger partial charge in [-0.1, -0.05) is 74.0 Å². The number of anilines is 1. The molecule has 2 atom stereocenters. The molecule has 42 heavy (non-hydrogen) atoms. The molecule has 0 aliphatic heterocycles. The number of rotatable bonds is 12. The van der Waals surface area contributed by atoms with Gasteiger partial charge in [-0.3, -0.25) is 13.9 Å². The van der Waals surface area contributed by atoms with E-state index >= 15 is 0 Å². The van der Waals surface area contributed by atoms with Crippen LogP contribution in [0.1, 0.15) is 44.7 Å². The summed E-state index contributed by atoms with van der Waals surface area (Å²) in [5.41, 5.74) is -0.965. The minimum Gasteiger partial charge on any atom is -0.352 e. The number of alkyl halides is 3. The third-order valence-electron chi connectivity index (χ3n) is 6.74. The fourth-order valence-electron chi connectivity index (χ4n) is 4.27. The van der Waals surface area contributed by atoms with Gasteiger partial charge in [-0.15, -0.1) is 0 Å². The summed E-state index contributed by atoms with van der Waals surface area (Å²) >= 11 is 5.80. The topological polar surface area (TPSA) is 86.8 Å². The molecule has 3 aromatic rings. The molecule has 0 aliphatic rings. The van der Waals surface area contributed by atoms with Crippen molar-refractivity contribution in [3.63, 3.8) is 0 Å². The van der Waals surface area contributed by atoms with E-state index in [1.54, 1.807) is 43.3 Å². The van der Waals surface area contributed by atoms with Crippen molar-refractivity contribution in [3.8, 4) is 0 Å². The zero-order valence-electron chi connectivity index (χ0n) is 23.4. The summed E-state index contributed by atoms with van der Waals surface area (Å²) in [6.07, 6.45) is -4.01. The number of halogens is 4. The Morgan fingerprint density at radius 3 is 2.07 bits per heavy atom. The fourth-order valence-corrected chi connectivity index (χ4v) is 5.93. The van der Waals surface area contributed by atoms with Gasteiger partial charge in [0.1, 0.15) is 12.6 Å². The predicted octanol–water partition coefficient (Wildman–Crippen LogP) is 6.28. The molecular weight excluding hydrogens is 591 g/mol. The standard InChI is InChI=1S/C30H33ClF3N3O4S/c1-4-21(3)35-29(39)27(5-2)36(19-22-12-8-6-9-13-22)28(38)20-37(42(40,41)24-14-10-7-11-15-24)23-16-17-26(31)25(18-23)30(32,33)34/h6-18,21,27H,4-5,19-20H2,1-3H3,(H,35,39)/t21-,27-/m0/s1. The molecule has 0 aliphatic carbocycles. The predicted molar refractivity (Wildman–Crippen MR) is 156 cm³/mol. The van der Waals surface area contributed by atoms with Crippen LogP contribution >= 0.6 is 11.6 Å². The molecule has 0 saturated heterocycles.